The van der Waals surface area contributed by atoms with Crippen LogP contribution in [-0.4, -0.2) is 14.8 Å². The molecule has 0 N–H and O–H groups in total. The van der Waals surface area contributed by atoms with Crippen LogP contribution in [0.15, 0.2) is 24.5 Å². The van der Waals surface area contributed by atoms with Crippen LogP contribution in [0.25, 0.3) is 5.69 Å². The normalized spacial score (nSPS) is 10.5. The summed E-state index contributed by atoms with van der Waals surface area (Å²) in [6, 6.07) is 4.49. The molecule has 0 amide bonds. The van der Waals surface area contributed by atoms with Gasteiger partial charge in [0.2, 0.25) is 0 Å². The average Bonchev–Trinajstić information content (AvgIpc) is 2.57. The second kappa shape index (κ2) is 3.38. The van der Waals surface area contributed by atoms with E-state index >= 15 is 0 Å². The molecule has 0 saturated heterocycles. The zero-order valence-electron chi connectivity index (χ0n) is 7.41. The Labute approximate surface area is 85.1 Å². The maximum atomic E-state index is 13.1. The highest BCUT2D eigenvalue weighted by Crippen LogP contribution is 2.17. The molecule has 0 aliphatic rings. The van der Waals surface area contributed by atoms with E-state index in [4.69, 9.17) is 11.6 Å². The summed E-state index contributed by atoms with van der Waals surface area (Å²) in [7, 11) is 0. The average molecular weight is 212 g/mol. The van der Waals surface area contributed by atoms with Crippen LogP contribution in [0.1, 0.15) is 5.82 Å². The van der Waals surface area contributed by atoms with Crippen molar-refractivity contribution in [3.63, 3.8) is 0 Å². The van der Waals surface area contributed by atoms with Gasteiger partial charge in [-0.15, -0.1) is 0 Å². The molecule has 0 unspecified atom stereocenters. The lowest BCUT2D eigenvalue weighted by molar-refractivity contribution is 0.625. The van der Waals surface area contributed by atoms with Crippen LogP contribution in [0.4, 0.5) is 4.39 Å². The van der Waals surface area contributed by atoms with Gasteiger partial charge in [-0.1, -0.05) is 11.6 Å². The Morgan fingerprint density at radius 3 is 2.79 bits per heavy atom. The Hall–Kier alpha value is -1.42. The molecule has 1 aromatic heterocycles. The highest BCUT2D eigenvalue weighted by molar-refractivity contribution is 6.30. The largest absolute Gasteiger partial charge is 0.221 e. The molecule has 0 radical (unpaired) electrons. The quantitative estimate of drug-likeness (QED) is 0.725. The van der Waals surface area contributed by atoms with Gasteiger partial charge in [0.15, 0.2) is 0 Å². The highest BCUT2D eigenvalue weighted by Gasteiger charge is 2.03. The van der Waals surface area contributed by atoms with Crippen molar-refractivity contribution in [2.24, 2.45) is 0 Å². The van der Waals surface area contributed by atoms with Crippen LogP contribution in [0, 0.1) is 12.7 Å². The monoisotopic (exact) mass is 211 g/mol. The zero-order chi connectivity index (χ0) is 10.1. The van der Waals surface area contributed by atoms with Crippen molar-refractivity contribution in [2.45, 2.75) is 6.92 Å². The minimum atomic E-state index is -0.461. The molecular formula is C9H7ClFN3. The van der Waals surface area contributed by atoms with E-state index in [1.807, 2.05) is 0 Å². The molecule has 0 aliphatic carbocycles. The fourth-order valence-electron chi connectivity index (χ4n) is 1.10. The number of aromatic nitrogens is 3. The molecule has 1 aromatic carbocycles. The maximum Gasteiger partial charge on any atom is 0.147 e. The molecule has 0 saturated carbocycles. The lowest BCUT2D eigenvalue weighted by Gasteiger charge is -2.00. The molecule has 0 aliphatic heterocycles. The molecular weight excluding hydrogens is 205 g/mol. The zero-order valence-corrected chi connectivity index (χ0v) is 8.16. The molecule has 2 aromatic rings. The van der Waals surface area contributed by atoms with Crippen molar-refractivity contribution in [2.75, 3.05) is 0 Å². The number of hydrogen-bond acceptors (Lipinski definition) is 2. The minimum Gasteiger partial charge on any atom is -0.221 e. The second-order valence-electron chi connectivity index (χ2n) is 2.83. The van der Waals surface area contributed by atoms with Gasteiger partial charge in [-0.25, -0.2) is 14.1 Å². The number of nitrogens with zero attached hydrogens (tertiary/aromatic N) is 3. The van der Waals surface area contributed by atoms with E-state index in [-0.39, 0.29) is 5.02 Å². The molecule has 2 rings (SSSR count). The van der Waals surface area contributed by atoms with Gasteiger partial charge in [-0.3, -0.25) is 0 Å². The van der Waals surface area contributed by atoms with E-state index in [1.165, 1.54) is 23.1 Å². The van der Waals surface area contributed by atoms with Crippen molar-refractivity contribution < 1.29 is 4.39 Å². The van der Waals surface area contributed by atoms with E-state index < -0.39 is 5.82 Å². The fraction of sp³-hybridized carbons (Fsp3) is 0.111. The lowest BCUT2D eigenvalue weighted by Crippen LogP contribution is -1.95. The predicted octanol–water partition coefficient (Wildman–Crippen LogP) is 2.37. The standard InChI is InChI=1S/C9H7ClFN3/c1-6-12-5-14(13-6)7-2-3-8(10)9(11)4-7/h2-5H,1H3. The Bertz CT molecular complexity index is 467. The second-order valence-corrected chi connectivity index (χ2v) is 3.24. The van der Waals surface area contributed by atoms with Crippen molar-refractivity contribution in [3.05, 3.63) is 41.2 Å². The molecule has 72 valence electrons. The molecule has 0 atom stereocenters. The number of aryl methyl sites for hydroxylation is 1. The van der Waals surface area contributed by atoms with Crippen LogP contribution in [0.5, 0.6) is 0 Å². The Morgan fingerprint density at radius 2 is 2.21 bits per heavy atom. The van der Waals surface area contributed by atoms with E-state index in [9.17, 15) is 4.39 Å². The number of benzene rings is 1. The summed E-state index contributed by atoms with van der Waals surface area (Å²) in [6.07, 6.45) is 1.53. The summed E-state index contributed by atoms with van der Waals surface area (Å²) in [5.41, 5.74) is 0.604. The van der Waals surface area contributed by atoms with E-state index in [1.54, 1.807) is 13.0 Å². The Balaban J connectivity index is 2.47. The summed E-state index contributed by atoms with van der Waals surface area (Å²) in [5, 5.41) is 4.15. The van der Waals surface area contributed by atoms with E-state index in [0.29, 0.717) is 11.5 Å². The van der Waals surface area contributed by atoms with Gasteiger partial charge >= 0.3 is 0 Å². The molecule has 0 bridgehead atoms. The van der Waals surface area contributed by atoms with Gasteiger partial charge in [0, 0.05) is 6.07 Å². The van der Waals surface area contributed by atoms with Crippen molar-refractivity contribution in [1.29, 1.82) is 0 Å². The molecule has 3 nitrogen and oxygen atoms in total. The topological polar surface area (TPSA) is 30.7 Å². The van der Waals surface area contributed by atoms with Gasteiger partial charge < -0.3 is 0 Å². The van der Waals surface area contributed by atoms with Crippen molar-refractivity contribution in [3.8, 4) is 5.69 Å². The number of halogens is 2. The number of rotatable bonds is 1. The third kappa shape index (κ3) is 1.61. The molecule has 5 heteroatoms. The van der Waals surface area contributed by atoms with Crippen LogP contribution in [0.3, 0.4) is 0 Å². The summed E-state index contributed by atoms with van der Waals surface area (Å²) in [5.74, 6) is 0.178. The SMILES string of the molecule is Cc1ncn(-c2ccc(Cl)c(F)c2)n1. The number of hydrogen-bond donors (Lipinski definition) is 0. The van der Waals surface area contributed by atoms with Gasteiger partial charge in [0.25, 0.3) is 0 Å². The maximum absolute atomic E-state index is 13.1. The van der Waals surface area contributed by atoms with E-state index in [2.05, 4.69) is 10.1 Å². The summed E-state index contributed by atoms with van der Waals surface area (Å²) >= 11 is 5.55. The van der Waals surface area contributed by atoms with Crippen molar-refractivity contribution in [1.82, 2.24) is 14.8 Å². The molecule has 14 heavy (non-hydrogen) atoms. The van der Waals surface area contributed by atoms with Gasteiger partial charge in [-0.05, 0) is 19.1 Å². The highest BCUT2D eigenvalue weighted by atomic mass is 35.5. The summed E-state index contributed by atoms with van der Waals surface area (Å²) in [4.78, 5) is 3.94. The van der Waals surface area contributed by atoms with E-state index in [0.717, 1.165) is 0 Å². The van der Waals surface area contributed by atoms with Crippen molar-refractivity contribution >= 4 is 11.6 Å². The third-order valence-electron chi connectivity index (χ3n) is 1.77. The Morgan fingerprint density at radius 1 is 1.43 bits per heavy atom. The first-order chi connectivity index (χ1) is 6.66. The first-order valence-corrected chi connectivity index (χ1v) is 4.38. The molecule has 0 spiro atoms. The lowest BCUT2D eigenvalue weighted by atomic mass is 10.3. The fourth-order valence-corrected chi connectivity index (χ4v) is 1.22. The Kier molecular flexibility index (Phi) is 2.21. The molecule has 1 heterocycles. The van der Waals surface area contributed by atoms with Crippen LogP contribution in [0.2, 0.25) is 5.02 Å². The van der Waals surface area contributed by atoms with Crippen LogP contribution < -0.4 is 0 Å². The minimum absolute atomic E-state index is 0.102. The van der Waals surface area contributed by atoms with Gasteiger partial charge in [-0.2, -0.15) is 5.10 Å². The molecule has 0 fully saturated rings. The van der Waals surface area contributed by atoms with Gasteiger partial charge in [0.05, 0.1) is 10.7 Å². The smallest absolute Gasteiger partial charge is 0.147 e. The van der Waals surface area contributed by atoms with Crippen LogP contribution >= 0.6 is 11.6 Å². The van der Waals surface area contributed by atoms with Gasteiger partial charge in [0.1, 0.15) is 18.0 Å². The summed E-state index contributed by atoms with van der Waals surface area (Å²) in [6.45, 7) is 1.77. The first kappa shape index (κ1) is 9.15. The van der Waals surface area contributed by atoms with Crippen LogP contribution in [-0.2, 0) is 0 Å². The predicted molar refractivity (Wildman–Crippen MR) is 51.1 cm³/mol. The first-order valence-electron chi connectivity index (χ1n) is 4.00. The third-order valence-corrected chi connectivity index (χ3v) is 2.08. The summed E-state index contributed by atoms with van der Waals surface area (Å²) < 4.78 is 14.6.